The van der Waals surface area contributed by atoms with Crippen molar-refractivity contribution in [3.63, 3.8) is 0 Å². The highest BCUT2D eigenvalue weighted by Gasteiger charge is 2.21. The lowest BCUT2D eigenvalue weighted by atomic mass is 10.3. The summed E-state index contributed by atoms with van der Waals surface area (Å²) in [6, 6.07) is 4.89. The van der Waals surface area contributed by atoms with Crippen LogP contribution in [0, 0.1) is 9.39 Å². The van der Waals surface area contributed by atoms with Crippen molar-refractivity contribution in [3.05, 3.63) is 27.6 Å². The Morgan fingerprint density at radius 3 is 2.81 bits per heavy atom. The highest BCUT2D eigenvalue weighted by atomic mass is 127. The molecule has 1 aliphatic rings. The van der Waals surface area contributed by atoms with Gasteiger partial charge in [-0.1, -0.05) is 0 Å². The first-order chi connectivity index (χ1) is 7.69. The van der Waals surface area contributed by atoms with E-state index in [9.17, 15) is 4.39 Å². The van der Waals surface area contributed by atoms with E-state index in [0.29, 0.717) is 12.0 Å². The molecule has 0 unspecified atom stereocenters. The minimum absolute atomic E-state index is 0.253. The number of halogens is 2. The van der Waals surface area contributed by atoms with Crippen LogP contribution in [0.5, 0.6) is 0 Å². The molecule has 0 amide bonds. The quantitative estimate of drug-likeness (QED) is 0.254. The van der Waals surface area contributed by atoms with E-state index in [1.807, 2.05) is 0 Å². The lowest BCUT2D eigenvalue weighted by Gasteiger charge is -2.10. The Morgan fingerprint density at radius 2 is 2.25 bits per heavy atom. The molecule has 1 fully saturated rings. The number of nitrogens with two attached hydrogens (primary N) is 1. The zero-order chi connectivity index (χ0) is 11.5. The molecule has 1 aromatic rings. The number of hydrazine groups is 1. The van der Waals surface area contributed by atoms with Crippen molar-refractivity contribution in [2.75, 3.05) is 5.32 Å². The topological polar surface area (TPSA) is 62.4 Å². The van der Waals surface area contributed by atoms with Gasteiger partial charge in [0.1, 0.15) is 5.82 Å². The van der Waals surface area contributed by atoms with Gasteiger partial charge >= 0.3 is 0 Å². The predicted octanol–water partition coefficient (Wildman–Crippen LogP) is 1.82. The number of benzene rings is 1. The standard InChI is InChI=1S/C10H12FIN4/c11-6-1-4-9(8(12)5-6)15-10(16-13)14-7-2-3-7/h1,4-5,7H,2-3,13H2,(H2,14,15,16). The second-order valence-corrected chi connectivity index (χ2v) is 4.76. The number of nitrogens with one attached hydrogen (secondary N) is 2. The summed E-state index contributed by atoms with van der Waals surface area (Å²) >= 11 is 2.06. The molecule has 0 saturated heterocycles. The molecule has 16 heavy (non-hydrogen) atoms. The molecule has 4 N–H and O–H groups in total. The molecule has 1 aliphatic carbocycles. The molecule has 0 aromatic heterocycles. The summed E-state index contributed by atoms with van der Waals surface area (Å²) in [6.07, 6.45) is 2.21. The Kier molecular flexibility index (Phi) is 3.59. The van der Waals surface area contributed by atoms with E-state index in [1.54, 1.807) is 6.07 Å². The molecule has 0 aliphatic heterocycles. The maximum atomic E-state index is 12.9. The third-order valence-corrected chi connectivity index (χ3v) is 3.07. The van der Waals surface area contributed by atoms with E-state index in [-0.39, 0.29) is 5.82 Å². The van der Waals surface area contributed by atoms with E-state index in [1.165, 1.54) is 12.1 Å². The molecule has 1 saturated carbocycles. The van der Waals surface area contributed by atoms with Gasteiger partial charge in [-0.15, -0.1) is 0 Å². The Balaban J connectivity index is 2.12. The summed E-state index contributed by atoms with van der Waals surface area (Å²) in [6.45, 7) is 0. The van der Waals surface area contributed by atoms with Gasteiger partial charge in [-0.25, -0.2) is 15.2 Å². The molecule has 2 rings (SSSR count). The molecule has 1 aromatic carbocycles. The van der Waals surface area contributed by atoms with Gasteiger partial charge in [0, 0.05) is 3.57 Å². The molecule has 6 heteroatoms. The van der Waals surface area contributed by atoms with Crippen molar-refractivity contribution in [3.8, 4) is 0 Å². The lowest BCUT2D eigenvalue weighted by Crippen LogP contribution is -2.36. The first-order valence-electron chi connectivity index (χ1n) is 4.95. The third kappa shape index (κ3) is 3.05. The fourth-order valence-corrected chi connectivity index (χ4v) is 1.82. The van der Waals surface area contributed by atoms with Crippen LogP contribution in [0.1, 0.15) is 12.8 Å². The summed E-state index contributed by atoms with van der Waals surface area (Å²) in [5.41, 5.74) is 3.30. The van der Waals surface area contributed by atoms with Crippen LogP contribution < -0.4 is 16.6 Å². The SMILES string of the molecule is NNC(=NC1CC1)Nc1ccc(F)cc1I. The van der Waals surface area contributed by atoms with Crippen LogP contribution in [0.2, 0.25) is 0 Å². The average Bonchev–Trinajstić information content (AvgIpc) is 3.04. The minimum atomic E-state index is -0.253. The van der Waals surface area contributed by atoms with E-state index >= 15 is 0 Å². The van der Waals surface area contributed by atoms with Crippen LogP contribution in [0.3, 0.4) is 0 Å². The Labute approximate surface area is 107 Å². The molecular formula is C10H12FIN4. The molecule has 0 radical (unpaired) electrons. The number of guanidine groups is 1. The second-order valence-electron chi connectivity index (χ2n) is 3.60. The normalized spacial score (nSPS) is 16.1. The highest BCUT2D eigenvalue weighted by molar-refractivity contribution is 14.1. The summed E-state index contributed by atoms with van der Waals surface area (Å²) in [7, 11) is 0. The summed E-state index contributed by atoms with van der Waals surface area (Å²) in [5, 5.41) is 3.04. The zero-order valence-electron chi connectivity index (χ0n) is 8.50. The molecule has 0 bridgehead atoms. The maximum Gasteiger partial charge on any atom is 0.210 e. The second kappa shape index (κ2) is 4.96. The lowest BCUT2D eigenvalue weighted by molar-refractivity contribution is 0.627. The minimum Gasteiger partial charge on any atom is -0.324 e. The summed E-state index contributed by atoms with van der Waals surface area (Å²) in [5.74, 6) is 5.62. The van der Waals surface area contributed by atoms with Gasteiger partial charge in [0.25, 0.3) is 0 Å². The zero-order valence-corrected chi connectivity index (χ0v) is 10.7. The number of rotatable bonds is 2. The van der Waals surface area contributed by atoms with Crippen molar-refractivity contribution in [2.45, 2.75) is 18.9 Å². The van der Waals surface area contributed by atoms with E-state index in [2.05, 4.69) is 38.3 Å². The van der Waals surface area contributed by atoms with E-state index < -0.39 is 0 Å². The number of anilines is 1. The van der Waals surface area contributed by atoms with Crippen molar-refractivity contribution < 1.29 is 4.39 Å². The highest BCUT2D eigenvalue weighted by Crippen LogP contribution is 2.24. The molecule has 0 heterocycles. The van der Waals surface area contributed by atoms with Gasteiger partial charge in [-0.3, -0.25) is 5.43 Å². The number of hydrogen-bond donors (Lipinski definition) is 3. The van der Waals surface area contributed by atoms with Crippen molar-refractivity contribution in [1.29, 1.82) is 0 Å². The largest absolute Gasteiger partial charge is 0.324 e. The fraction of sp³-hybridized carbons (Fsp3) is 0.300. The van der Waals surface area contributed by atoms with Gasteiger partial charge in [-0.2, -0.15) is 0 Å². The van der Waals surface area contributed by atoms with Crippen LogP contribution in [0.25, 0.3) is 0 Å². The Morgan fingerprint density at radius 1 is 1.50 bits per heavy atom. The van der Waals surface area contributed by atoms with Gasteiger partial charge in [0.05, 0.1) is 11.7 Å². The first kappa shape index (κ1) is 11.6. The Hall–Kier alpha value is -0.890. The van der Waals surface area contributed by atoms with Crippen molar-refractivity contribution in [2.24, 2.45) is 10.8 Å². The van der Waals surface area contributed by atoms with Gasteiger partial charge in [-0.05, 0) is 53.6 Å². The molecule has 0 spiro atoms. The van der Waals surface area contributed by atoms with Crippen LogP contribution in [-0.2, 0) is 0 Å². The predicted molar refractivity (Wildman–Crippen MR) is 70.5 cm³/mol. The smallest absolute Gasteiger partial charge is 0.210 e. The Bertz CT molecular complexity index is 417. The number of aliphatic imine (C=N–C) groups is 1. The fourth-order valence-electron chi connectivity index (χ4n) is 1.21. The van der Waals surface area contributed by atoms with Crippen LogP contribution in [-0.4, -0.2) is 12.0 Å². The van der Waals surface area contributed by atoms with Crippen LogP contribution in [0.15, 0.2) is 23.2 Å². The van der Waals surface area contributed by atoms with Gasteiger partial charge in [0.15, 0.2) is 0 Å². The van der Waals surface area contributed by atoms with E-state index in [0.717, 1.165) is 22.1 Å². The number of hydrogen-bond acceptors (Lipinski definition) is 2. The van der Waals surface area contributed by atoms with Crippen LogP contribution >= 0.6 is 22.6 Å². The van der Waals surface area contributed by atoms with Crippen molar-refractivity contribution in [1.82, 2.24) is 5.43 Å². The van der Waals surface area contributed by atoms with Gasteiger partial charge in [0.2, 0.25) is 5.96 Å². The van der Waals surface area contributed by atoms with Crippen molar-refractivity contribution >= 4 is 34.2 Å². The van der Waals surface area contributed by atoms with E-state index in [4.69, 9.17) is 5.84 Å². The molecular weight excluding hydrogens is 322 g/mol. The monoisotopic (exact) mass is 334 g/mol. The molecule has 0 atom stereocenters. The summed E-state index contributed by atoms with van der Waals surface area (Å²) in [4.78, 5) is 4.34. The first-order valence-corrected chi connectivity index (χ1v) is 6.03. The molecule has 4 nitrogen and oxygen atoms in total. The summed E-state index contributed by atoms with van der Waals surface area (Å²) < 4.78 is 13.7. The maximum absolute atomic E-state index is 12.9. The number of nitrogens with zero attached hydrogens (tertiary/aromatic N) is 1. The average molecular weight is 334 g/mol. The third-order valence-electron chi connectivity index (χ3n) is 2.18. The molecule has 86 valence electrons. The van der Waals surface area contributed by atoms with Gasteiger partial charge < -0.3 is 5.32 Å². The van der Waals surface area contributed by atoms with Crippen LogP contribution in [0.4, 0.5) is 10.1 Å².